The minimum atomic E-state index is -3.96. The fraction of sp³-hybridized carbons (Fsp3) is 0.606. The fourth-order valence-electron chi connectivity index (χ4n) is 4.72. The van der Waals surface area contributed by atoms with Crippen molar-refractivity contribution in [3.05, 3.63) is 64.4 Å². The van der Waals surface area contributed by atoms with Crippen LogP contribution in [0.5, 0.6) is 5.75 Å². The Labute approximate surface area is 257 Å². The van der Waals surface area contributed by atoms with Crippen molar-refractivity contribution in [3.8, 4) is 11.8 Å². The van der Waals surface area contributed by atoms with Crippen LogP contribution in [0.2, 0.25) is 5.02 Å². The Morgan fingerprint density at radius 1 is 0.905 bits per heavy atom. The molecule has 2 aromatic carbocycles. The maximum Gasteiger partial charge on any atom is 0.529 e. The SMILES string of the molecule is CCCCCCCCCCCCCCCC[C@H](COP(=O)(OC)Oc1ccccc1Cl)OCc1cc(F)cc(C#N)c1. The largest absolute Gasteiger partial charge is 0.529 e. The molecule has 9 heteroatoms. The highest BCUT2D eigenvalue weighted by molar-refractivity contribution is 7.48. The number of unbranched alkanes of at least 4 members (excludes halogenated alkanes) is 13. The summed E-state index contributed by atoms with van der Waals surface area (Å²) >= 11 is 6.14. The Hall–Kier alpha value is -1.94. The molecule has 0 aliphatic carbocycles. The summed E-state index contributed by atoms with van der Waals surface area (Å²) in [7, 11) is -2.71. The Bertz CT molecular complexity index is 1110. The predicted molar refractivity (Wildman–Crippen MR) is 167 cm³/mol. The summed E-state index contributed by atoms with van der Waals surface area (Å²) in [5, 5.41) is 9.44. The first-order valence-corrected chi connectivity index (χ1v) is 17.3. The lowest BCUT2D eigenvalue weighted by Crippen LogP contribution is -2.20. The van der Waals surface area contributed by atoms with Gasteiger partial charge in [0.05, 0.1) is 36.0 Å². The predicted octanol–water partition coefficient (Wildman–Crippen LogP) is 11.0. The van der Waals surface area contributed by atoms with Crippen molar-refractivity contribution in [2.75, 3.05) is 13.7 Å². The molecule has 0 spiro atoms. The van der Waals surface area contributed by atoms with E-state index in [0.29, 0.717) is 12.0 Å². The third kappa shape index (κ3) is 15.5. The fourth-order valence-corrected chi connectivity index (χ4v) is 5.93. The average molecular weight is 624 g/mol. The van der Waals surface area contributed by atoms with E-state index in [2.05, 4.69) is 6.92 Å². The highest BCUT2D eigenvalue weighted by Gasteiger charge is 2.29. The molecule has 0 bridgehead atoms. The van der Waals surface area contributed by atoms with Crippen LogP contribution in [0.25, 0.3) is 0 Å². The molecule has 6 nitrogen and oxygen atoms in total. The summed E-state index contributed by atoms with van der Waals surface area (Å²) in [6.07, 6.45) is 17.9. The minimum Gasteiger partial charge on any atom is -0.402 e. The number of phosphoric acid groups is 1. The normalized spacial score (nSPS) is 13.4. The van der Waals surface area contributed by atoms with Crippen molar-refractivity contribution in [1.29, 1.82) is 5.26 Å². The van der Waals surface area contributed by atoms with Gasteiger partial charge in [0.2, 0.25) is 0 Å². The van der Waals surface area contributed by atoms with Gasteiger partial charge in [-0.1, -0.05) is 121 Å². The Kier molecular flexibility index (Phi) is 18.7. The molecule has 234 valence electrons. The number of nitriles is 1. The van der Waals surface area contributed by atoms with Crippen LogP contribution in [0.1, 0.15) is 114 Å². The van der Waals surface area contributed by atoms with Gasteiger partial charge in [0, 0.05) is 7.11 Å². The summed E-state index contributed by atoms with van der Waals surface area (Å²) < 4.78 is 49.3. The van der Waals surface area contributed by atoms with E-state index in [1.165, 1.54) is 89.9 Å². The number of para-hydroxylation sites is 1. The molecule has 0 aromatic heterocycles. The third-order valence-electron chi connectivity index (χ3n) is 7.14. The first-order valence-electron chi connectivity index (χ1n) is 15.4. The number of ether oxygens (including phenoxy) is 1. The number of benzene rings is 2. The van der Waals surface area contributed by atoms with Gasteiger partial charge in [-0.25, -0.2) is 8.96 Å². The maximum atomic E-state index is 13.9. The number of nitrogens with zero attached hydrogens (tertiary/aromatic N) is 1. The second-order valence-electron chi connectivity index (χ2n) is 10.7. The van der Waals surface area contributed by atoms with Crippen LogP contribution in [0.4, 0.5) is 4.39 Å². The van der Waals surface area contributed by atoms with Crippen LogP contribution < -0.4 is 4.52 Å². The minimum absolute atomic E-state index is 0.0472. The lowest BCUT2D eigenvalue weighted by molar-refractivity contribution is -0.00443. The van der Waals surface area contributed by atoms with Gasteiger partial charge in [-0.3, -0.25) is 9.05 Å². The van der Waals surface area contributed by atoms with E-state index in [0.717, 1.165) is 19.3 Å². The van der Waals surface area contributed by atoms with Crippen LogP contribution in [0.3, 0.4) is 0 Å². The third-order valence-corrected chi connectivity index (χ3v) is 8.79. The molecule has 0 aliphatic heterocycles. The molecule has 42 heavy (non-hydrogen) atoms. The van der Waals surface area contributed by atoms with E-state index in [4.69, 9.17) is 35.2 Å². The quantitative estimate of drug-likeness (QED) is 0.0855. The van der Waals surface area contributed by atoms with Crippen molar-refractivity contribution in [1.82, 2.24) is 0 Å². The van der Waals surface area contributed by atoms with Gasteiger partial charge >= 0.3 is 7.82 Å². The van der Waals surface area contributed by atoms with Crippen molar-refractivity contribution < 1.29 is 27.3 Å². The molecule has 2 atom stereocenters. The van der Waals surface area contributed by atoms with Gasteiger partial charge in [0.1, 0.15) is 11.6 Å². The zero-order valence-electron chi connectivity index (χ0n) is 25.3. The number of rotatable bonds is 24. The van der Waals surface area contributed by atoms with E-state index in [1.807, 2.05) is 6.07 Å². The summed E-state index contributed by atoms with van der Waals surface area (Å²) in [6.45, 7) is 2.29. The molecule has 1 unspecified atom stereocenters. The lowest BCUT2D eigenvalue weighted by atomic mass is 10.0. The van der Waals surface area contributed by atoms with Gasteiger partial charge in [0.25, 0.3) is 0 Å². The Morgan fingerprint density at radius 3 is 2.07 bits per heavy atom. The van der Waals surface area contributed by atoms with E-state index < -0.39 is 19.7 Å². The van der Waals surface area contributed by atoms with E-state index in [9.17, 15) is 8.96 Å². The second-order valence-corrected chi connectivity index (χ2v) is 12.8. The van der Waals surface area contributed by atoms with Crippen molar-refractivity contribution in [2.45, 2.75) is 116 Å². The molecule has 0 N–H and O–H groups in total. The van der Waals surface area contributed by atoms with Gasteiger partial charge in [-0.05, 0) is 42.3 Å². The van der Waals surface area contributed by atoms with Crippen molar-refractivity contribution in [2.24, 2.45) is 0 Å². The summed E-state index contributed by atoms with van der Waals surface area (Å²) in [5.74, 6) is -0.304. The number of hydrogen-bond acceptors (Lipinski definition) is 6. The van der Waals surface area contributed by atoms with Crippen LogP contribution in [0.15, 0.2) is 42.5 Å². The molecular weight excluding hydrogens is 576 g/mol. The highest BCUT2D eigenvalue weighted by Crippen LogP contribution is 2.50. The van der Waals surface area contributed by atoms with Crippen molar-refractivity contribution >= 4 is 19.4 Å². The zero-order chi connectivity index (χ0) is 30.5. The van der Waals surface area contributed by atoms with E-state index in [-0.39, 0.29) is 29.5 Å². The van der Waals surface area contributed by atoms with Crippen LogP contribution >= 0.6 is 19.4 Å². The topological polar surface area (TPSA) is 77.8 Å². The first-order chi connectivity index (χ1) is 20.4. The standard InChI is InChI=1S/C33H48ClFNO5P/c1-3-4-5-6-7-8-9-10-11-12-13-14-15-16-19-31(39-26-29-22-28(25-36)23-30(35)24-29)27-40-42(37,38-2)41-33-21-18-17-20-32(33)34/h17-18,20-24,31H,3-16,19,26-27H2,1-2H3/t31-,42?/m1/s1. The van der Waals surface area contributed by atoms with Crippen LogP contribution in [-0.2, 0) is 25.0 Å². The van der Waals surface area contributed by atoms with E-state index >= 15 is 0 Å². The molecule has 2 aromatic rings. The number of halogens is 2. The first kappa shape index (κ1) is 36.3. The Morgan fingerprint density at radius 2 is 1.50 bits per heavy atom. The molecular formula is C33H48ClFNO5P. The summed E-state index contributed by atoms with van der Waals surface area (Å²) in [5.41, 5.74) is 0.769. The van der Waals surface area contributed by atoms with Gasteiger partial charge in [-0.15, -0.1) is 0 Å². The molecule has 0 aliphatic rings. The molecule has 0 saturated carbocycles. The smallest absolute Gasteiger partial charge is 0.402 e. The zero-order valence-corrected chi connectivity index (χ0v) is 27.0. The molecule has 2 rings (SSSR count). The molecule has 0 fully saturated rings. The van der Waals surface area contributed by atoms with Gasteiger partial charge < -0.3 is 9.26 Å². The molecule has 0 saturated heterocycles. The average Bonchev–Trinajstić information content (AvgIpc) is 2.99. The van der Waals surface area contributed by atoms with Crippen LogP contribution in [-0.4, -0.2) is 19.8 Å². The number of phosphoric ester groups is 1. The van der Waals surface area contributed by atoms with E-state index in [1.54, 1.807) is 30.3 Å². The van der Waals surface area contributed by atoms with Crippen molar-refractivity contribution in [3.63, 3.8) is 0 Å². The second kappa shape index (κ2) is 21.7. The molecule has 0 amide bonds. The van der Waals surface area contributed by atoms with Gasteiger partial charge in [-0.2, -0.15) is 5.26 Å². The lowest BCUT2D eigenvalue weighted by Gasteiger charge is -2.22. The highest BCUT2D eigenvalue weighted by atomic mass is 35.5. The summed E-state index contributed by atoms with van der Waals surface area (Å²) in [6, 6.07) is 12.7. The monoisotopic (exact) mass is 623 g/mol. The Balaban J connectivity index is 1.79. The van der Waals surface area contributed by atoms with Gasteiger partial charge in [0.15, 0.2) is 0 Å². The molecule has 0 radical (unpaired) electrons. The number of hydrogen-bond donors (Lipinski definition) is 0. The van der Waals surface area contributed by atoms with Crippen LogP contribution in [0, 0.1) is 17.1 Å². The summed E-state index contributed by atoms with van der Waals surface area (Å²) in [4.78, 5) is 0. The maximum absolute atomic E-state index is 13.9. The molecule has 0 heterocycles.